The second-order valence-corrected chi connectivity index (χ2v) is 16.5. The van der Waals surface area contributed by atoms with Crippen LogP contribution in [0.3, 0.4) is 0 Å². The van der Waals surface area contributed by atoms with Gasteiger partial charge in [0.2, 0.25) is 0 Å². The third kappa shape index (κ3) is 16.6. The molecule has 0 N–H and O–H groups in total. The molecule has 0 radical (unpaired) electrons. The van der Waals surface area contributed by atoms with Crippen molar-refractivity contribution in [3.8, 4) is 11.5 Å². The molecule has 0 spiro atoms. The van der Waals surface area contributed by atoms with E-state index in [0.29, 0.717) is 0 Å². The molecule has 0 bridgehead atoms. The first-order valence-corrected chi connectivity index (χ1v) is 22.2. The summed E-state index contributed by atoms with van der Waals surface area (Å²) in [4.78, 5) is 0. The van der Waals surface area contributed by atoms with E-state index in [1.165, 1.54) is 191 Å². The Morgan fingerprint density at radius 3 is 1.02 bits per heavy atom. The fourth-order valence-corrected chi connectivity index (χ4v) is 8.96. The van der Waals surface area contributed by atoms with Gasteiger partial charge in [-0.3, -0.25) is 0 Å². The van der Waals surface area contributed by atoms with Gasteiger partial charge in [0.1, 0.15) is 11.5 Å². The van der Waals surface area contributed by atoms with Gasteiger partial charge >= 0.3 is 0 Å². The van der Waals surface area contributed by atoms with Gasteiger partial charge in [-0.05, 0) is 123 Å². The molecular formula is C48H78O2. The predicted molar refractivity (Wildman–Crippen MR) is 217 cm³/mol. The van der Waals surface area contributed by atoms with Gasteiger partial charge in [-0.25, -0.2) is 0 Å². The molecule has 0 aromatic heterocycles. The zero-order valence-corrected chi connectivity index (χ0v) is 33.0. The maximum absolute atomic E-state index is 6.08. The van der Waals surface area contributed by atoms with E-state index in [2.05, 4.69) is 62.4 Å². The van der Waals surface area contributed by atoms with Gasteiger partial charge in [0.15, 0.2) is 0 Å². The van der Waals surface area contributed by atoms with Crippen LogP contribution in [-0.2, 0) is 0 Å². The summed E-state index contributed by atoms with van der Waals surface area (Å²) in [5.74, 6) is 5.62. The Labute approximate surface area is 310 Å². The molecule has 282 valence electrons. The molecule has 0 unspecified atom stereocenters. The number of hydrogen-bond acceptors (Lipinski definition) is 2. The molecule has 2 aliphatic rings. The fourth-order valence-electron chi connectivity index (χ4n) is 8.96. The zero-order chi connectivity index (χ0) is 34.9. The molecule has 0 heterocycles. The van der Waals surface area contributed by atoms with Gasteiger partial charge in [0.05, 0.1) is 13.2 Å². The highest BCUT2D eigenvalue weighted by atomic mass is 16.5. The van der Waals surface area contributed by atoms with E-state index in [9.17, 15) is 0 Å². The fraction of sp³-hybridized carbons (Fsp3) is 0.750. The van der Waals surface area contributed by atoms with Crippen LogP contribution in [0.25, 0.3) is 0 Å². The number of hydrogen-bond donors (Lipinski definition) is 0. The van der Waals surface area contributed by atoms with E-state index in [0.717, 1.165) is 48.4 Å². The number of benzene rings is 2. The maximum Gasteiger partial charge on any atom is 0.119 e. The van der Waals surface area contributed by atoms with Gasteiger partial charge in [0, 0.05) is 0 Å². The van der Waals surface area contributed by atoms with Crippen molar-refractivity contribution >= 4 is 0 Å². The molecular weight excluding hydrogens is 609 g/mol. The Kier molecular flexibility index (Phi) is 21.1. The highest BCUT2D eigenvalue weighted by Gasteiger charge is 2.23. The van der Waals surface area contributed by atoms with Crippen molar-refractivity contribution in [2.75, 3.05) is 13.2 Å². The molecule has 2 heteroatoms. The van der Waals surface area contributed by atoms with Crippen LogP contribution >= 0.6 is 0 Å². The van der Waals surface area contributed by atoms with Gasteiger partial charge in [-0.15, -0.1) is 0 Å². The summed E-state index contributed by atoms with van der Waals surface area (Å²) in [5.41, 5.74) is 3.07. The zero-order valence-electron chi connectivity index (χ0n) is 33.0. The lowest BCUT2D eigenvalue weighted by Crippen LogP contribution is -2.13. The number of ether oxygens (including phenoxy) is 2. The molecule has 0 atom stereocenters. The third-order valence-electron chi connectivity index (χ3n) is 12.4. The molecule has 0 aliphatic heterocycles. The van der Waals surface area contributed by atoms with Crippen molar-refractivity contribution in [1.29, 1.82) is 0 Å². The Balaban J connectivity index is 0.888. The van der Waals surface area contributed by atoms with Crippen molar-refractivity contribution in [1.82, 2.24) is 0 Å². The molecule has 50 heavy (non-hydrogen) atoms. The van der Waals surface area contributed by atoms with Gasteiger partial charge < -0.3 is 9.47 Å². The second-order valence-electron chi connectivity index (χ2n) is 16.5. The molecule has 2 nitrogen and oxygen atoms in total. The minimum Gasteiger partial charge on any atom is -0.494 e. The lowest BCUT2D eigenvalue weighted by Gasteiger charge is -2.29. The lowest BCUT2D eigenvalue weighted by molar-refractivity contribution is 0.299. The quantitative estimate of drug-likeness (QED) is 0.0871. The Morgan fingerprint density at radius 1 is 0.380 bits per heavy atom. The number of rotatable bonds is 27. The summed E-state index contributed by atoms with van der Waals surface area (Å²) in [6.45, 7) is 6.35. The molecule has 2 fully saturated rings. The van der Waals surface area contributed by atoms with Crippen LogP contribution < -0.4 is 9.47 Å². The van der Waals surface area contributed by atoms with Crippen molar-refractivity contribution in [3.05, 3.63) is 59.7 Å². The largest absolute Gasteiger partial charge is 0.494 e. The smallest absolute Gasteiger partial charge is 0.119 e. The van der Waals surface area contributed by atoms with Crippen LogP contribution in [0.15, 0.2) is 48.5 Å². The van der Waals surface area contributed by atoms with E-state index in [-0.39, 0.29) is 0 Å². The number of unbranched alkanes of at least 4 members (excludes halogenated alkanes) is 15. The van der Waals surface area contributed by atoms with Gasteiger partial charge in [-0.2, -0.15) is 0 Å². The highest BCUT2D eigenvalue weighted by Crippen LogP contribution is 2.39. The first kappa shape index (κ1) is 40.8. The summed E-state index contributed by atoms with van der Waals surface area (Å²) in [7, 11) is 0. The second kappa shape index (κ2) is 25.9. The molecule has 2 aromatic rings. The first-order chi connectivity index (χ1) is 24.7. The predicted octanol–water partition coefficient (Wildman–Crippen LogP) is 15.5. The lowest BCUT2D eigenvalue weighted by atomic mass is 9.77. The van der Waals surface area contributed by atoms with Crippen molar-refractivity contribution in [2.24, 2.45) is 11.8 Å². The van der Waals surface area contributed by atoms with Crippen LogP contribution in [0, 0.1) is 11.8 Å². The Morgan fingerprint density at radius 2 is 0.700 bits per heavy atom. The molecule has 2 saturated carbocycles. The average molecular weight is 687 g/mol. The summed E-state index contributed by atoms with van der Waals surface area (Å²) >= 11 is 0. The molecule has 4 rings (SSSR count). The van der Waals surface area contributed by atoms with Crippen LogP contribution in [0.4, 0.5) is 0 Å². The molecule has 0 saturated heterocycles. The van der Waals surface area contributed by atoms with E-state index < -0.39 is 0 Å². The molecule has 2 aliphatic carbocycles. The average Bonchev–Trinajstić information content (AvgIpc) is 3.16. The maximum atomic E-state index is 6.08. The van der Waals surface area contributed by atoms with Crippen LogP contribution in [0.2, 0.25) is 0 Å². The van der Waals surface area contributed by atoms with Crippen molar-refractivity contribution in [3.63, 3.8) is 0 Å². The summed E-state index contributed by atoms with van der Waals surface area (Å²) in [5, 5.41) is 0. The Hall–Kier alpha value is -1.96. The van der Waals surface area contributed by atoms with Crippen LogP contribution in [-0.4, -0.2) is 13.2 Å². The standard InChI is InChI=1S/C48H78O2/c1-3-5-17-21-41-23-27-43(28-24-41)45-31-35-47(36-32-45)49-39-19-15-13-11-9-7-8-10-12-14-16-20-40-50-48-37-33-46(34-38-48)44-29-25-42(26-30-44)22-18-6-4-2/h31-38,41-44H,3-30,39-40H2,1-2H3. The molecule has 0 amide bonds. The minimum absolute atomic E-state index is 0.769. The van der Waals surface area contributed by atoms with Gasteiger partial charge in [-0.1, -0.05) is 154 Å². The summed E-state index contributed by atoms with van der Waals surface area (Å²) in [6, 6.07) is 18.2. The van der Waals surface area contributed by atoms with E-state index >= 15 is 0 Å². The highest BCUT2D eigenvalue weighted by molar-refractivity contribution is 5.30. The van der Waals surface area contributed by atoms with Crippen molar-refractivity contribution in [2.45, 2.75) is 205 Å². The Bertz CT molecular complexity index is 971. The monoisotopic (exact) mass is 687 g/mol. The first-order valence-electron chi connectivity index (χ1n) is 22.2. The summed E-state index contributed by atoms with van der Waals surface area (Å²) < 4.78 is 12.2. The van der Waals surface area contributed by atoms with Crippen LogP contribution in [0.1, 0.15) is 217 Å². The minimum atomic E-state index is 0.769. The topological polar surface area (TPSA) is 18.5 Å². The summed E-state index contributed by atoms with van der Waals surface area (Å²) in [6.07, 6.45) is 38.6. The van der Waals surface area contributed by atoms with Crippen molar-refractivity contribution < 1.29 is 9.47 Å². The molecule has 2 aromatic carbocycles. The normalized spacial score (nSPS) is 20.9. The van der Waals surface area contributed by atoms with Gasteiger partial charge in [0.25, 0.3) is 0 Å². The SMILES string of the molecule is CCCCCC1CCC(c2ccc(OCCCCCCCCCCCCCCOc3ccc(C4CCC(CCCCC)CC4)cc3)cc2)CC1. The van der Waals surface area contributed by atoms with E-state index in [4.69, 9.17) is 9.47 Å². The third-order valence-corrected chi connectivity index (χ3v) is 12.4. The van der Waals surface area contributed by atoms with E-state index in [1.54, 1.807) is 0 Å². The van der Waals surface area contributed by atoms with E-state index in [1.807, 2.05) is 0 Å². The van der Waals surface area contributed by atoms with Crippen LogP contribution in [0.5, 0.6) is 11.5 Å².